The molecule has 2 N–H and O–H groups in total. The number of amides is 2. The van der Waals surface area contributed by atoms with Crippen LogP contribution < -0.4 is 10.9 Å². The number of benzene rings is 1. The summed E-state index contributed by atoms with van der Waals surface area (Å²) in [4.78, 5) is 35.6. The molecular weight excluding hydrogens is 272 g/mol. The summed E-state index contributed by atoms with van der Waals surface area (Å²) in [5.41, 5.74) is 4.50. The monoisotopic (exact) mass is 290 g/mol. The Morgan fingerprint density at radius 1 is 1.24 bits per heavy atom. The number of cyclic esters (lactones) is 1. The molecule has 0 saturated heterocycles. The average Bonchev–Trinajstić information content (AvgIpc) is 2.44. The van der Waals surface area contributed by atoms with E-state index < -0.39 is 17.5 Å². The van der Waals surface area contributed by atoms with E-state index in [1.165, 1.54) is 6.92 Å². The molecule has 112 valence electrons. The van der Waals surface area contributed by atoms with Crippen molar-refractivity contribution < 1.29 is 19.1 Å². The van der Waals surface area contributed by atoms with Crippen molar-refractivity contribution in [3.8, 4) is 0 Å². The van der Waals surface area contributed by atoms with Gasteiger partial charge in [-0.05, 0) is 18.6 Å². The number of hydrazine groups is 1. The van der Waals surface area contributed by atoms with Gasteiger partial charge in [0.05, 0.1) is 5.56 Å². The second-order valence-corrected chi connectivity index (χ2v) is 5.55. The van der Waals surface area contributed by atoms with Crippen LogP contribution in [-0.2, 0) is 20.7 Å². The van der Waals surface area contributed by atoms with Gasteiger partial charge in [-0.25, -0.2) is 4.79 Å². The highest BCUT2D eigenvalue weighted by Crippen LogP contribution is 2.28. The summed E-state index contributed by atoms with van der Waals surface area (Å²) in [6.07, 6.45) is 0.262. The summed E-state index contributed by atoms with van der Waals surface area (Å²) in [6.45, 7) is 4.94. The van der Waals surface area contributed by atoms with Crippen molar-refractivity contribution in [3.63, 3.8) is 0 Å². The maximum Gasteiger partial charge on any atom is 0.339 e. The van der Waals surface area contributed by atoms with Gasteiger partial charge < -0.3 is 4.74 Å². The fraction of sp³-hybridized carbons (Fsp3) is 0.400. The lowest BCUT2D eigenvalue weighted by Crippen LogP contribution is -2.56. The third-order valence-corrected chi connectivity index (χ3v) is 3.39. The van der Waals surface area contributed by atoms with Gasteiger partial charge in [-0.15, -0.1) is 0 Å². The van der Waals surface area contributed by atoms with Gasteiger partial charge in [0.15, 0.2) is 5.60 Å². The first-order valence-corrected chi connectivity index (χ1v) is 6.75. The van der Waals surface area contributed by atoms with E-state index in [4.69, 9.17) is 4.74 Å². The first kappa shape index (κ1) is 15.0. The predicted octanol–water partition coefficient (Wildman–Crippen LogP) is 0.962. The largest absolute Gasteiger partial charge is 0.445 e. The molecule has 0 saturated carbocycles. The SMILES string of the molecule is CC(C)C(=O)NNC(=O)C1(C)Cc2ccccc2C(=O)O1. The van der Waals surface area contributed by atoms with Gasteiger partial charge >= 0.3 is 5.97 Å². The molecule has 1 unspecified atom stereocenters. The molecule has 2 rings (SSSR count). The molecule has 21 heavy (non-hydrogen) atoms. The van der Waals surface area contributed by atoms with Crippen molar-refractivity contribution in [1.29, 1.82) is 0 Å². The van der Waals surface area contributed by atoms with Crippen molar-refractivity contribution >= 4 is 17.8 Å². The quantitative estimate of drug-likeness (QED) is 0.627. The molecule has 1 aromatic carbocycles. The van der Waals surface area contributed by atoms with Gasteiger partial charge in [0.1, 0.15) is 0 Å². The number of carbonyl (C=O) groups excluding carboxylic acids is 3. The Labute approximate surface area is 122 Å². The van der Waals surface area contributed by atoms with Crippen LogP contribution in [0.15, 0.2) is 24.3 Å². The molecular formula is C15H18N2O4. The number of ether oxygens (including phenoxy) is 1. The molecule has 0 bridgehead atoms. The van der Waals surface area contributed by atoms with E-state index >= 15 is 0 Å². The molecule has 6 nitrogen and oxygen atoms in total. The van der Waals surface area contributed by atoms with Gasteiger partial charge in [-0.3, -0.25) is 20.4 Å². The van der Waals surface area contributed by atoms with Crippen LogP contribution in [0.5, 0.6) is 0 Å². The van der Waals surface area contributed by atoms with E-state index in [9.17, 15) is 14.4 Å². The van der Waals surface area contributed by atoms with Gasteiger partial charge in [0, 0.05) is 12.3 Å². The van der Waals surface area contributed by atoms with E-state index in [0.29, 0.717) is 5.56 Å². The van der Waals surface area contributed by atoms with Crippen molar-refractivity contribution in [2.75, 3.05) is 0 Å². The number of esters is 1. The molecule has 0 aromatic heterocycles. The van der Waals surface area contributed by atoms with Gasteiger partial charge in [0.2, 0.25) is 5.91 Å². The number of hydrogen-bond donors (Lipinski definition) is 2. The van der Waals surface area contributed by atoms with Crippen LogP contribution in [0.25, 0.3) is 0 Å². The zero-order chi connectivity index (χ0) is 15.6. The van der Waals surface area contributed by atoms with Crippen molar-refractivity contribution in [3.05, 3.63) is 35.4 Å². The third-order valence-electron chi connectivity index (χ3n) is 3.39. The van der Waals surface area contributed by atoms with Crippen LogP contribution >= 0.6 is 0 Å². The lowest BCUT2D eigenvalue weighted by Gasteiger charge is -2.32. The maximum atomic E-state index is 12.2. The first-order chi connectivity index (χ1) is 9.83. The highest BCUT2D eigenvalue weighted by atomic mass is 16.6. The Kier molecular flexibility index (Phi) is 3.97. The zero-order valence-electron chi connectivity index (χ0n) is 12.2. The molecule has 0 spiro atoms. The van der Waals surface area contributed by atoms with Gasteiger partial charge in [0.25, 0.3) is 5.91 Å². The van der Waals surface area contributed by atoms with Crippen LogP contribution in [0.3, 0.4) is 0 Å². The predicted molar refractivity (Wildman–Crippen MR) is 75.1 cm³/mol. The summed E-state index contributed by atoms with van der Waals surface area (Å²) in [5.74, 6) is -1.66. The Bertz CT molecular complexity index is 597. The first-order valence-electron chi connectivity index (χ1n) is 6.75. The molecule has 1 aliphatic heterocycles. The highest BCUT2D eigenvalue weighted by Gasteiger charge is 2.42. The average molecular weight is 290 g/mol. The smallest absolute Gasteiger partial charge is 0.339 e. The van der Waals surface area contributed by atoms with E-state index in [-0.39, 0.29) is 18.2 Å². The molecule has 0 fully saturated rings. The minimum Gasteiger partial charge on any atom is -0.445 e. The second kappa shape index (κ2) is 5.55. The van der Waals surface area contributed by atoms with Crippen LogP contribution in [0.1, 0.15) is 36.7 Å². The molecule has 0 aliphatic carbocycles. The summed E-state index contributed by atoms with van der Waals surface area (Å²) in [6, 6.07) is 6.99. The van der Waals surface area contributed by atoms with Gasteiger partial charge in [-0.2, -0.15) is 0 Å². The second-order valence-electron chi connectivity index (χ2n) is 5.55. The fourth-order valence-electron chi connectivity index (χ4n) is 2.05. The highest BCUT2D eigenvalue weighted by molar-refractivity contribution is 5.97. The Hall–Kier alpha value is -2.37. The van der Waals surface area contributed by atoms with Crippen LogP contribution in [0.4, 0.5) is 0 Å². The zero-order valence-corrected chi connectivity index (χ0v) is 12.2. The lowest BCUT2D eigenvalue weighted by atomic mass is 9.89. The normalized spacial score (nSPS) is 20.5. The molecule has 1 aliphatic rings. The summed E-state index contributed by atoms with van der Waals surface area (Å²) in [7, 11) is 0. The number of fused-ring (bicyclic) bond motifs is 1. The van der Waals surface area contributed by atoms with E-state index in [0.717, 1.165) is 5.56 Å². The summed E-state index contributed by atoms with van der Waals surface area (Å²) in [5, 5.41) is 0. The molecule has 0 radical (unpaired) electrons. The van der Waals surface area contributed by atoms with Crippen molar-refractivity contribution in [2.45, 2.75) is 32.8 Å². The van der Waals surface area contributed by atoms with Crippen LogP contribution in [0.2, 0.25) is 0 Å². The Morgan fingerprint density at radius 2 is 1.90 bits per heavy atom. The maximum absolute atomic E-state index is 12.2. The van der Waals surface area contributed by atoms with E-state index in [1.807, 2.05) is 0 Å². The number of hydrogen-bond acceptors (Lipinski definition) is 4. The molecule has 2 amide bonds. The molecule has 6 heteroatoms. The minimum atomic E-state index is -1.34. The lowest BCUT2D eigenvalue weighted by molar-refractivity contribution is -0.143. The molecule has 1 aromatic rings. The van der Waals surface area contributed by atoms with Gasteiger partial charge in [-0.1, -0.05) is 32.0 Å². The van der Waals surface area contributed by atoms with Crippen molar-refractivity contribution in [1.82, 2.24) is 10.9 Å². The number of nitrogens with one attached hydrogen (secondary N) is 2. The number of carbonyl (C=O) groups is 3. The van der Waals surface area contributed by atoms with Crippen molar-refractivity contribution in [2.24, 2.45) is 5.92 Å². The molecule has 1 atom stereocenters. The Morgan fingerprint density at radius 3 is 2.57 bits per heavy atom. The number of rotatable bonds is 2. The third kappa shape index (κ3) is 3.04. The van der Waals surface area contributed by atoms with E-state index in [1.54, 1.807) is 38.1 Å². The van der Waals surface area contributed by atoms with Crippen LogP contribution in [-0.4, -0.2) is 23.4 Å². The molecule has 1 heterocycles. The van der Waals surface area contributed by atoms with Crippen LogP contribution in [0, 0.1) is 5.92 Å². The fourth-order valence-corrected chi connectivity index (χ4v) is 2.05. The summed E-state index contributed by atoms with van der Waals surface area (Å²) < 4.78 is 5.25. The standard InChI is InChI=1S/C15H18N2O4/c1-9(2)12(18)16-17-14(20)15(3)8-10-6-4-5-7-11(10)13(19)21-15/h4-7,9H,8H2,1-3H3,(H,16,18)(H,17,20). The van der Waals surface area contributed by atoms with E-state index in [2.05, 4.69) is 10.9 Å². The minimum absolute atomic E-state index is 0.257. The Balaban J connectivity index is 2.11. The topological polar surface area (TPSA) is 84.5 Å². The summed E-state index contributed by atoms with van der Waals surface area (Å²) >= 11 is 0.